The van der Waals surface area contributed by atoms with Gasteiger partial charge in [0.2, 0.25) is 0 Å². The molecule has 0 spiro atoms. The molecule has 0 atom stereocenters. The Labute approximate surface area is 160 Å². The first-order chi connectivity index (χ1) is 6.64. The highest BCUT2D eigenvalue weighted by Gasteiger charge is 1.88. The smallest absolute Gasteiger partial charge is 0.0448 e. The average Bonchev–Trinajstić information content (AvgIpc) is 2.28. The molecule has 0 heteroatoms. The summed E-state index contributed by atoms with van der Waals surface area (Å²) >= 11 is 0. The summed E-state index contributed by atoms with van der Waals surface area (Å²) in [6.07, 6.45) is 7.94. The number of unbranched alkanes of at least 4 members (excludes halogenated alkanes) is 2. The molecule has 0 saturated heterocycles. The third-order valence-corrected chi connectivity index (χ3v) is 2.39. The predicted octanol–water partition coefficient (Wildman–Crippen LogP) is 11.8. The van der Waals surface area contributed by atoms with Gasteiger partial charge in [0.15, 0.2) is 0 Å². The Kier molecular flexibility index (Phi) is 479. The highest BCUT2D eigenvalue weighted by atomic mass is 13.9. The van der Waals surface area contributed by atoms with Crippen LogP contribution in [-0.4, -0.2) is 0 Å². The normalized spacial score (nSPS) is 5.22. The molecule has 0 amide bonds. The standard InChI is InChI=1S/C6H14.2C4H10.9CH4/c1-4-6(3)5-2;2*1-3-4-2;;;;;;;;;/h6H,4-5H2,1-3H3;2*3-4H2,1-2H3;9*1H4. The van der Waals surface area contributed by atoms with Crippen molar-refractivity contribution in [2.24, 2.45) is 5.92 Å². The molecule has 0 N–H and O–H groups in total. The number of rotatable bonds is 4. The van der Waals surface area contributed by atoms with E-state index in [4.69, 9.17) is 0 Å². The van der Waals surface area contributed by atoms with Gasteiger partial charge in [0.1, 0.15) is 0 Å². The Bertz CT molecular complexity index is 45.1. The molecule has 0 aliphatic carbocycles. The highest BCUT2D eigenvalue weighted by molar-refractivity contribution is 4.41. The van der Waals surface area contributed by atoms with Crippen LogP contribution in [0.4, 0.5) is 0 Å². The van der Waals surface area contributed by atoms with Crippen molar-refractivity contribution in [2.75, 3.05) is 0 Å². The third-order valence-electron chi connectivity index (χ3n) is 2.39. The van der Waals surface area contributed by atoms with E-state index in [0.29, 0.717) is 0 Å². The van der Waals surface area contributed by atoms with E-state index in [0.717, 1.165) is 5.92 Å². The topological polar surface area (TPSA) is 0 Å². The van der Waals surface area contributed by atoms with E-state index in [2.05, 4.69) is 48.5 Å². The Hall–Kier alpha value is 0. The summed E-state index contributed by atoms with van der Waals surface area (Å²) in [5.41, 5.74) is 0. The molecule has 0 saturated carbocycles. The van der Waals surface area contributed by atoms with Crippen LogP contribution < -0.4 is 0 Å². The molecule has 162 valence electrons. The van der Waals surface area contributed by atoms with Crippen molar-refractivity contribution in [3.05, 3.63) is 0 Å². The minimum Gasteiger partial charge on any atom is -0.0776 e. The van der Waals surface area contributed by atoms with Crippen molar-refractivity contribution in [1.82, 2.24) is 0 Å². The van der Waals surface area contributed by atoms with Crippen LogP contribution in [0.2, 0.25) is 0 Å². The zero-order valence-electron chi connectivity index (χ0n) is 11.8. The van der Waals surface area contributed by atoms with E-state index in [1.807, 2.05) is 0 Å². The summed E-state index contributed by atoms with van der Waals surface area (Å²) in [6, 6.07) is 0. The van der Waals surface area contributed by atoms with Crippen LogP contribution in [0.25, 0.3) is 0 Å². The predicted molar refractivity (Wildman–Crippen MR) is 131 cm³/mol. The minimum atomic E-state index is 0. The second-order valence-electron chi connectivity index (χ2n) is 3.92. The van der Waals surface area contributed by atoms with Gasteiger partial charge in [0, 0.05) is 0 Å². The van der Waals surface area contributed by atoms with Gasteiger partial charge in [-0.1, -0.05) is 154 Å². The molecule has 0 fully saturated rings. The van der Waals surface area contributed by atoms with E-state index in [9.17, 15) is 0 Å². The van der Waals surface area contributed by atoms with Crippen molar-refractivity contribution >= 4 is 0 Å². The molecule has 0 aliphatic heterocycles. The van der Waals surface area contributed by atoms with E-state index in [1.54, 1.807) is 0 Å². The maximum absolute atomic E-state index is 2.28. The highest BCUT2D eigenvalue weighted by Crippen LogP contribution is 2.02. The SMILES string of the molecule is C.C.C.C.C.C.C.C.C.CCC(C)CC.CCCC.CCCC. The summed E-state index contributed by atoms with van der Waals surface area (Å²) < 4.78 is 0. The maximum Gasteiger partial charge on any atom is -0.0448 e. The molecule has 0 aromatic rings. The molecule has 0 nitrogen and oxygen atoms in total. The quantitative estimate of drug-likeness (QED) is 0.474. The van der Waals surface area contributed by atoms with Gasteiger partial charge in [0.05, 0.1) is 0 Å². The molecule has 0 aromatic carbocycles. The lowest BCUT2D eigenvalue weighted by Gasteiger charge is -1.98. The zero-order valence-corrected chi connectivity index (χ0v) is 11.8. The molecule has 0 aliphatic rings. The van der Waals surface area contributed by atoms with Crippen LogP contribution in [0.15, 0.2) is 0 Å². The Morgan fingerprint density at radius 2 is 0.522 bits per heavy atom. The molecule has 0 radical (unpaired) electrons. The van der Waals surface area contributed by atoms with Crippen LogP contribution in [0.3, 0.4) is 0 Å². The molecule has 0 rings (SSSR count). The minimum absolute atomic E-state index is 0. The lowest BCUT2D eigenvalue weighted by Crippen LogP contribution is -1.85. The molecule has 0 unspecified atom stereocenters. The monoisotopic (exact) mass is 347 g/mol. The van der Waals surface area contributed by atoms with Crippen LogP contribution in [0.1, 0.15) is 154 Å². The summed E-state index contributed by atoms with van der Waals surface area (Å²) in [4.78, 5) is 0. The van der Waals surface area contributed by atoms with E-state index >= 15 is 0 Å². The van der Waals surface area contributed by atoms with E-state index < -0.39 is 0 Å². The van der Waals surface area contributed by atoms with Gasteiger partial charge in [-0.3, -0.25) is 0 Å². The van der Waals surface area contributed by atoms with Crippen molar-refractivity contribution in [2.45, 2.75) is 154 Å². The van der Waals surface area contributed by atoms with E-state index in [1.165, 1.54) is 38.5 Å². The lowest BCUT2D eigenvalue weighted by molar-refractivity contribution is 0.544. The van der Waals surface area contributed by atoms with Crippen molar-refractivity contribution in [1.29, 1.82) is 0 Å². The fourth-order valence-corrected chi connectivity index (χ4v) is 0.289. The van der Waals surface area contributed by atoms with Gasteiger partial charge in [-0.2, -0.15) is 0 Å². The fraction of sp³-hybridized carbons (Fsp3) is 1.00. The largest absolute Gasteiger partial charge is 0.0776 e. The molecule has 0 aromatic heterocycles. The second-order valence-corrected chi connectivity index (χ2v) is 3.92. The van der Waals surface area contributed by atoms with E-state index in [-0.39, 0.29) is 66.8 Å². The average molecular weight is 347 g/mol. The van der Waals surface area contributed by atoms with Crippen molar-refractivity contribution in [3.63, 3.8) is 0 Å². The van der Waals surface area contributed by atoms with Gasteiger partial charge >= 0.3 is 0 Å². The van der Waals surface area contributed by atoms with Gasteiger partial charge in [-0.15, -0.1) is 0 Å². The lowest BCUT2D eigenvalue weighted by atomic mass is 10.1. The first-order valence-electron chi connectivity index (χ1n) is 6.64. The van der Waals surface area contributed by atoms with Crippen LogP contribution in [0.5, 0.6) is 0 Å². The van der Waals surface area contributed by atoms with Gasteiger partial charge in [-0.25, -0.2) is 0 Å². The third kappa shape index (κ3) is 244. The number of hydrogen-bond donors (Lipinski definition) is 0. The van der Waals surface area contributed by atoms with Gasteiger partial charge in [0.25, 0.3) is 0 Å². The van der Waals surface area contributed by atoms with Crippen LogP contribution >= 0.6 is 0 Å². The summed E-state index contributed by atoms with van der Waals surface area (Å²) in [5.74, 6) is 0.935. The Morgan fingerprint density at radius 1 is 0.391 bits per heavy atom. The van der Waals surface area contributed by atoms with Gasteiger partial charge in [-0.05, 0) is 5.92 Å². The fourth-order valence-electron chi connectivity index (χ4n) is 0.289. The molecular formula is C23H70. The Morgan fingerprint density at radius 3 is 0.522 bits per heavy atom. The summed E-state index contributed by atoms with van der Waals surface area (Å²) in [7, 11) is 0. The van der Waals surface area contributed by atoms with Crippen LogP contribution in [-0.2, 0) is 0 Å². The molecule has 0 heterocycles. The first kappa shape index (κ1) is 92.0. The molecular weight excluding hydrogens is 276 g/mol. The molecule has 0 bridgehead atoms. The zero-order chi connectivity index (χ0) is 11.8. The second kappa shape index (κ2) is 120. The first-order valence-corrected chi connectivity index (χ1v) is 6.64. The maximum atomic E-state index is 2.28. The number of hydrogen-bond acceptors (Lipinski definition) is 0. The summed E-state index contributed by atoms with van der Waals surface area (Å²) in [5, 5.41) is 0. The van der Waals surface area contributed by atoms with Crippen LogP contribution in [0, 0.1) is 5.92 Å². The van der Waals surface area contributed by atoms with Gasteiger partial charge < -0.3 is 0 Å². The molecule has 23 heavy (non-hydrogen) atoms. The van der Waals surface area contributed by atoms with Crippen molar-refractivity contribution in [3.8, 4) is 0 Å². The summed E-state index contributed by atoms with van der Waals surface area (Å²) in [6.45, 7) is 15.5. The Balaban J connectivity index is -0.00000000671. The van der Waals surface area contributed by atoms with Crippen molar-refractivity contribution < 1.29 is 0 Å².